The smallest absolute Gasteiger partial charge is 0.0120 e. The molecule has 3 rings (SSSR count). The normalized spacial score (nSPS) is 39.9. The summed E-state index contributed by atoms with van der Waals surface area (Å²) < 4.78 is 0. The Balaban J connectivity index is 2.06. The van der Waals surface area contributed by atoms with Gasteiger partial charge in [-0.15, -0.1) is 0 Å². The van der Waals surface area contributed by atoms with E-state index in [1.54, 1.807) is 16.7 Å². The van der Waals surface area contributed by atoms with E-state index in [2.05, 4.69) is 32.2 Å². The standard InChI is InChI=1S/C19H26/c1-4-8-14-11-13(3)12-18-17-10-7-6-9-16(17)15(5-2)19(14)18/h4-5,8,13,16-18H,1-2,6-7,9-12H2,3H3/b14-8-. The van der Waals surface area contributed by atoms with Crippen molar-refractivity contribution in [3.8, 4) is 0 Å². The van der Waals surface area contributed by atoms with E-state index in [0.29, 0.717) is 0 Å². The van der Waals surface area contributed by atoms with Gasteiger partial charge in [-0.1, -0.05) is 51.2 Å². The SMILES string of the molecule is C=C/C=C1/CC(C)CC2C1=C(C=C)C1CCCCC12. The monoisotopic (exact) mass is 254 g/mol. The van der Waals surface area contributed by atoms with Crippen LogP contribution in [0, 0.1) is 23.7 Å². The highest BCUT2D eigenvalue weighted by molar-refractivity contribution is 5.49. The van der Waals surface area contributed by atoms with Gasteiger partial charge in [0, 0.05) is 0 Å². The molecule has 0 aromatic rings. The van der Waals surface area contributed by atoms with Gasteiger partial charge in [-0.25, -0.2) is 0 Å². The van der Waals surface area contributed by atoms with E-state index < -0.39 is 0 Å². The molecule has 0 heteroatoms. The van der Waals surface area contributed by atoms with Gasteiger partial charge in [0.2, 0.25) is 0 Å². The molecule has 0 aromatic carbocycles. The molecule has 0 radical (unpaired) electrons. The number of hydrogen-bond acceptors (Lipinski definition) is 0. The van der Waals surface area contributed by atoms with Crippen LogP contribution in [0.15, 0.2) is 48.1 Å². The molecule has 19 heavy (non-hydrogen) atoms. The van der Waals surface area contributed by atoms with E-state index in [0.717, 1.165) is 23.7 Å². The number of fused-ring (bicyclic) bond motifs is 3. The molecular weight excluding hydrogens is 228 g/mol. The predicted octanol–water partition coefficient (Wildman–Crippen LogP) is 5.45. The molecule has 0 nitrogen and oxygen atoms in total. The molecule has 4 unspecified atom stereocenters. The van der Waals surface area contributed by atoms with Crippen molar-refractivity contribution in [2.75, 3.05) is 0 Å². The molecule has 0 aromatic heterocycles. The summed E-state index contributed by atoms with van der Waals surface area (Å²) in [5, 5.41) is 0. The van der Waals surface area contributed by atoms with Crippen molar-refractivity contribution in [3.63, 3.8) is 0 Å². The first kappa shape index (κ1) is 13.0. The Morgan fingerprint density at radius 3 is 2.63 bits per heavy atom. The van der Waals surface area contributed by atoms with Gasteiger partial charge in [-0.05, 0) is 66.1 Å². The molecule has 0 spiro atoms. The van der Waals surface area contributed by atoms with Crippen LogP contribution in [0.2, 0.25) is 0 Å². The zero-order chi connectivity index (χ0) is 13.4. The van der Waals surface area contributed by atoms with Gasteiger partial charge in [0.15, 0.2) is 0 Å². The molecule has 0 saturated heterocycles. The van der Waals surface area contributed by atoms with Gasteiger partial charge >= 0.3 is 0 Å². The van der Waals surface area contributed by atoms with Crippen molar-refractivity contribution < 1.29 is 0 Å². The average Bonchev–Trinajstić information content (AvgIpc) is 2.73. The first-order valence-corrected chi connectivity index (χ1v) is 7.94. The summed E-state index contributed by atoms with van der Waals surface area (Å²) in [6, 6.07) is 0. The largest absolute Gasteiger partial charge is 0.0991 e. The molecule has 2 fully saturated rings. The van der Waals surface area contributed by atoms with Crippen LogP contribution in [-0.2, 0) is 0 Å². The van der Waals surface area contributed by atoms with Crippen LogP contribution in [0.5, 0.6) is 0 Å². The molecule has 0 aliphatic heterocycles. The molecule has 0 N–H and O–H groups in total. The maximum Gasteiger partial charge on any atom is -0.0120 e. The fraction of sp³-hybridized carbons (Fsp3) is 0.579. The van der Waals surface area contributed by atoms with Crippen LogP contribution < -0.4 is 0 Å². The van der Waals surface area contributed by atoms with Gasteiger partial charge in [0.1, 0.15) is 0 Å². The quantitative estimate of drug-likeness (QED) is 0.615. The van der Waals surface area contributed by atoms with Crippen LogP contribution in [0.3, 0.4) is 0 Å². The second kappa shape index (κ2) is 5.15. The zero-order valence-corrected chi connectivity index (χ0v) is 12.2. The Kier molecular flexibility index (Phi) is 3.52. The lowest BCUT2D eigenvalue weighted by Gasteiger charge is -2.35. The summed E-state index contributed by atoms with van der Waals surface area (Å²) in [6.07, 6.45) is 14.7. The van der Waals surface area contributed by atoms with Gasteiger partial charge in [0.25, 0.3) is 0 Å². The Bertz CT molecular complexity index is 449. The molecule has 102 valence electrons. The molecule has 0 heterocycles. The highest BCUT2D eigenvalue weighted by atomic mass is 14.5. The van der Waals surface area contributed by atoms with E-state index in [1.165, 1.54) is 38.5 Å². The minimum atomic E-state index is 0.810. The maximum atomic E-state index is 4.13. The molecule has 4 atom stereocenters. The van der Waals surface area contributed by atoms with E-state index in [9.17, 15) is 0 Å². The highest BCUT2D eigenvalue weighted by Gasteiger charge is 2.45. The first-order valence-electron chi connectivity index (χ1n) is 7.94. The number of allylic oxidation sites excluding steroid dienone is 6. The first-order chi connectivity index (χ1) is 9.26. The van der Waals surface area contributed by atoms with Gasteiger partial charge in [0.05, 0.1) is 0 Å². The average molecular weight is 254 g/mol. The minimum absolute atomic E-state index is 0.810. The third-order valence-corrected chi connectivity index (χ3v) is 5.53. The molecule has 2 saturated carbocycles. The van der Waals surface area contributed by atoms with Crippen molar-refractivity contribution >= 4 is 0 Å². The zero-order valence-electron chi connectivity index (χ0n) is 12.2. The van der Waals surface area contributed by atoms with Crippen molar-refractivity contribution in [2.45, 2.75) is 45.4 Å². The lowest BCUT2D eigenvalue weighted by atomic mass is 9.69. The minimum Gasteiger partial charge on any atom is -0.0991 e. The van der Waals surface area contributed by atoms with Crippen LogP contribution in [0.4, 0.5) is 0 Å². The van der Waals surface area contributed by atoms with E-state index >= 15 is 0 Å². The van der Waals surface area contributed by atoms with E-state index in [-0.39, 0.29) is 0 Å². The fourth-order valence-corrected chi connectivity index (χ4v) is 4.93. The molecule has 3 aliphatic carbocycles. The lowest BCUT2D eigenvalue weighted by Crippen LogP contribution is -2.26. The maximum absolute atomic E-state index is 4.13. The summed E-state index contributed by atoms with van der Waals surface area (Å²) in [4.78, 5) is 0. The summed E-state index contributed by atoms with van der Waals surface area (Å²) in [7, 11) is 0. The Hall–Kier alpha value is -1.04. The summed E-state index contributed by atoms with van der Waals surface area (Å²) in [5.41, 5.74) is 4.82. The fourth-order valence-electron chi connectivity index (χ4n) is 4.93. The molecule has 0 bridgehead atoms. The third kappa shape index (κ3) is 2.06. The van der Waals surface area contributed by atoms with Crippen LogP contribution in [-0.4, -0.2) is 0 Å². The topological polar surface area (TPSA) is 0 Å². The van der Waals surface area contributed by atoms with Crippen LogP contribution >= 0.6 is 0 Å². The third-order valence-electron chi connectivity index (χ3n) is 5.53. The van der Waals surface area contributed by atoms with Crippen LogP contribution in [0.25, 0.3) is 0 Å². The molecule has 0 amide bonds. The van der Waals surface area contributed by atoms with Gasteiger partial charge in [-0.3, -0.25) is 0 Å². The highest BCUT2D eigenvalue weighted by Crippen LogP contribution is 2.56. The predicted molar refractivity (Wildman–Crippen MR) is 82.8 cm³/mol. The second-order valence-corrected chi connectivity index (χ2v) is 6.71. The Labute approximate surface area is 118 Å². The van der Waals surface area contributed by atoms with E-state index in [4.69, 9.17) is 0 Å². The molecule has 3 aliphatic rings. The van der Waals surface area contributed by atoms with Crippen molar-refractivity contribution in [1.29, 1.82) is 0 Å². The van der Waals surface area contributed by atoms with Crippen molar-refractivity contribution in [2.24, 2.45) is 23.7 Å². The summed E-state index contributed by atoms with van der Waals surface area (Å²) in [6.45, 7) is 10.5. The van der Waals surface area contributed by atoms with Gasteiger partial charge in [-0.2, -0.15) is 0 Å². The van der Waals surface area contributed by atoms with Crippen LogP contribution in [0.1, 0.15) is 45.4 Å². The summed E-state index contributed by atoms with van der Waals surface area (Å²) in [5.74, 6) is 3.36. The number of hydrogen-bond donors (Lipinski definition) is 0. The van der Waals surface area contributed by atoms with Crippen molar-refractivity contribution in [3.05, 3.63) is 48.1 Å². The summed E-state index contributed by atoms with van der Waals surface area (Å²) >= 11 is 0. The molecular formula is C19H26. The Morgan fingerprint density at radius 1 is 1.11 bits per heavy atom. The van der Waals surface area contributed by atoms with E-state index in [1.807, 2.05) is 6.08 Å². The van der Waals surface area contributed by atoms with Gasteiger partial charge < -0.3 is 0 Å². The Morgan fingerprint density at radius 2 is 1.89 bits per heavy atom. The lowest BCUT2D eigenvalue weighted by molar-refractivity contribution is 0.208. The van der Waals surface area contributed by atoms with Crippen molar-refractivity contribution in [1.82, 2.24) is 0 Å². The second-order valence-electron chi connectivity index (χ2n) is 6.71. The number of rotatable bonds is 2.